The molecule has 19 heavy (non-hydrogen) atoms. The maximum absolute atomic E-state index is 11.0. The summed E-state index contributed by atoms with van der Waals surface area (Å²) < 4.78 is 1.54. The molecule has 0 aliphatic carbocycles. The summed E-state index contributed by atoms with van der Waals surface area (Å²) in [6, 6.07) is 7.24. The lowest BCUT2D eigenvalue weighted by atomic mass is 10.2. The smallest absolute Gasteiger partial charge is 0.358 e. The normalized spacial score (nSPS) is 11.1. The number of benzene rings is 1. The molecule has 0 aliphatic heterocycles. The lowest BCUT2D eigenvalue weighted by Crippen LogP contribution is -2.03. The summed E-state index contributed by atoms with van der Waals surface area (Å²) in [5.74, 6) is -1.09. The molecule has 2 rings (SSSR count). The van der Waals surface area contributed by atoms with Gasteiger partial charge in [0, 0.05) is 11.6 Å². The number of hydrogen-bond donors (Lipinski definition) is 1. The topological polar surface area (TPSA) is 68.0 Å². The number of aryl methyl sites for hydroxylation is 1. The zero-order valence-electron chi connectivity index (χ0n) is 10.2. The highest BCUT2D eigenvalue weighted by Crippen LogP contribution is 2.14. The Labute approximate surface area is 115 Å². The third-order valence-corrected chi connectivity index (χ3v) is 2.83. The lowest BCUT2D eigenvalue weighted by molar-refractivity contribution is 0.0690. The first-order valence-corrected chi connectivity index (χ1v) is 6.10. The molecule has 0 bridgehead atoms. The predicted molar refractivity (Wildman–Crippen MR) is 73.0 cm³/mol. The second-order valence-corrected chi connectivity index (χ2v) is 4.27. The average Bonchev–Trinajstić information content (AvgIpc) is 2.81. The Morgan fingerprint density at radius 1 is 1.37 bits per heavy atom. The van der Waals surface area contributed by atoms with Gasteiger partial charge in [0.2, 0.25) is 0 Å². The summed E-state index contributed by atoms with van der Waals surface area (Å²) in [4.78, 5) is 11.0. The quantitative estimate of drug-likeness (QED) is 0.933. The summed E-state index contributed by atoms with van der Waals surface area (Å²) in [6.45, 7) is 2.43. The first-order chi connectivity index (χ1) is 9.11. The van der Waals surface area contributed by atoms with Crippen LogP contribution in [0.15, 0.2) is 24.3 Å². The molecular formula is C13H12ClN3O2. The Bertz CT molecular complexity index is 617. The molecule has 0 radical (unpaired) electrons. The van der Waals surface area contributed by atoms with Crippen molar-refractivity contribution >= 4 is 29.7 Å². The van der Waals surface area contributed by atoms with Crippen LogP contribution < -0.4 is 0 Å². The third-order valence-electron chi connectivity index (χ3n) is 2.58. The minimum atomic E-state index is -1.09. The van der Waals surface area contributed by atoms with Gasteiger partial charge >= 0.3 is 5.97 Å². The van der Waals surface area contributed by atoms with Crippen molar-refractivity contribution in [2.75, 3.05) is 0 Å². The molecule has 1 heterocycles. The number of carboxylic acids is 1. The second-order valence-electron chi connectivity index (χ2n) is 3.83. The molecule has 1 aromatic heterocycles. The molecule has 0 fully saturated rings. The number of hydrogen-bond acceptors (Lipinski definition) is 3. The van der Waals surface area contributed by atoms with Gasteiger partial charge in [0.25, 0.3) is 0 Å². The van der Waals surface area contributed by atoms with E-state index in [2.05, 4.69) is 10.3 Å². The second kappa shape index (κ2) is 5.67. The van der Waals surface area contributed by atoms with Crippen LogP contribution in [0.4, 0.5) is 0 Å². The van der Waals surface area contributed by atoms with Crippen LogP contribution in [0.1, 0.15) is 28.7 Å². The fourth-order valence-electron chi connectivity index (χ4n) is 1.62. The third kappa shape index (κ3) is 3.00. The highest BCUT2D eigenvalue weighted by molar-refractivity contribution is 6.30. The lowest BCUT2D eigenvalue weighted by Gasteiger charge is -1.99. The van der Waals surface area contributed by atoms with Crippen LogP contribution in [-0.4, -0.2) is 26.1 Å². The Kier molecular flexibility index (Phi) is 3.97. The van der Waals surface area contributed by atoms with E-state index in [1.807, 2.05) is 19.1 Å². The molecule has 0 saturated heterocycles. The van der Waals surface area contributed by atoms with Crippen LogP contribution in [0, 0.1) is 0 Å². The average molecular weight is 278 g/mol. The van der Waals surface area contributed by atoms with Crippen molar-refractivity contribution < 1.29 is 9.90 Å². The Balaban J connectivity index is 2.34. The molecule has 0 saturated carbocycles. The number of nitrogens with zero attached hydrogens (tertiary/aromatic N) is 3. The zero-order chi connectivity index (χ0) is 13.8. The molecule has 0 atom stereocenters. The van der Waals surface area contributed by atoms with E-state index in [-0.39, 0.29) is 5.69 Å². The summed E-state index contributed by atoms with van der Waals surface area (Å²) in [5, 5.41) is 17.1. The van der Waals surface area contributed by atoms with Crippen LogP contribution in [0.25, 0.3) is 12.2 Å². The van der Waals surface area contributed by atoms with E-state index in [1.165, 1.54) is 4.68 Å². The molecule has 6 heteroatoms. The SMILES string of the molecule is CCn1nnc(C(=O)O)c1/C=C/c1ccc(Cl)cc1. The Morgan fingerprint density at radius 3 is 2.63 bits per heavy atom. The van der Waals surface area contributed by atoms with Crippen molar-refractivity contribution in [3.8, 4) is 0 Å². The fourth-order valence-corrected chi connectivity index (χ4v) is 1.75. The van der Waals surface area contributed by atoms with E-state index in [9.17, 15) is 4.79 Å². The minimum absolute atomic E-state index is 0.0490. The maximum atomic E-state index is 11.0. The van der Waals surface area contributed by atoms with Crippen LogP contribution in [0.2, 0.25) is 5.02 Å². The largest absolute Gasteiger partial charge is 0.476 e. The number of aromatic nitrogens is 3. The van der Waals surface area contributed by atoms with E-state index in [0.29, 0.717) is 17.3 Å². The number of carbonyl (C=O) groups is 1. The van der Waals surface area contributed by atoms with E-state index in [4.69, 9.17) is 16.7 Å². The van der Waals surface area contributed by atoms with Crippen molar-refractivity contribution in [3.05, 3.63) is 46.2 Å². The van der Waals surface area contributed by atoms with Gasteiger partial charge in [-0.1, -0.05) is 35.0 Å². The van der Waals surface area contributed by atoms with Gasteiger partial charge in [0.15, 0.2) is 5.69 Å². The predicted octanol–water partition coefficient (Wildman–Crippen LogP) is 2.82. The van der Waals surface area contributed by atoms with Gasteiger partial charge in [0.1, 0.15) is 0 Å². The van der Waals surface area contributed by atoms with E-state index < -0.39 is 5.97 Å². The first kappa shape index (κ1) is 13.3. The standard InChI is InChI=1S/C13H12ClN3O2/c1-2-17-11(12(13(18)19)15-16-17)8-5-9-3-6-10(14)7-4-9/h3-8H,2H2,1H3,(H,18,19)/b8-5+. The van der Waals surface area contributed by atoms with E-state index >= 15 is 0 Å². The molecule has 1 aromatic carbocycles. The van der Waals surface area contributed by atoms with Gasteiger partial charge in [-0.3, -0.25) is 0 Å². The number of aromatic carboxylic acids is 1. The summed E-state index contributed by atoms with van der Waals surface area (Å²) in [5.41, 5.74) is 1.35. The van der Waals surface area contributed by atoms with Gasteiger partial charge in [-0.05, 0) is 30.7 Å². The molecule has 98 valence electrons. The highest BCUT2D eigenvalue weighted by Gasteiger charge is 2.15. The Morgan fingerprint density at radius 2 is 2.05 bits per heavy atom. The van der Waals surface area contributed by atoms with Crippen LogP contribution in [0.5, 0.6) is 0 Å². The van der Waals surface area contributed by atoms with Crippen molar-refractivity contribution in [2.45, 2.75) is 13.5 Å². The number of halogens is 1. The van der Waals surface area contributed by atoms with E-state index in [0.717, 1.165) is 5.56 Å². The van der Waals surface area contributed by atoms with E-state index in [1.54, 1.807) is 24.3 Å². The minimum Gasteiger partial charge on any atom is -0.476 e. The van der Waals surface area contributed by atoms with Crippen molar-refractivity contribution in [2.24, 2.45) is 0 Å². The molecule has 0 unspecified atom stereocenters. The van der Waals surface area contributed by atoms with Gasteiger partial charge in [-0.2, -0.15) is 0 Å². The van der Waals surface area contributed by atoms with Crippen molar-refractivity contribution in [3.63, 3.8) is 0 Å². The summed E-state index contributed by atoms with van der Waals surface area (Å²) in [7, 11) is 0. The molecule has 0 spiro atoms. The molecule has 0 amide bonds. The molecule has 0 aliphatic rings. The van der Waals surface area contributed by atoms with Crippen molar-refractivity contribution in [1.82, 2.24) is 15.0 Å². The van der Waals surface area contributed by atoms with Crippen LogP contribution in [0.3, 0.4) is 0 Å². The zero-order valence-corrected chi connectivity index (χ0v) is 11.0. The summed E-state index contributed by atoms with van der Waals surface area (Å²) in [6.07, 6.45) is 3.49. The number of rotatable bonds is 4. The monoisotopic (exact) mass is 277 g/mol. The van der Waals surface area contributed by atoms with Crippen LogP contribution in [-0.2, 0) is 6.54 Å². The van der Waals surface area contributed by atoms with Gasteiger partial charge in [-0.25, -0.2) is 9.48 Å². The van der Waals surface area contributed by atoms with Gasteiger partial charge < -0.3 is 5.11 Å². The first-order valence-electron chi connectivity index (χ1n) is 5.72. The number of carboxylic acid groups (broad SMARTS) is 1. The maximum Gasteiger partial charge on any atom is 0.358 e. The molecule has 1 N–H and O–H groups in total. The summed E-state index contributed by atoms with van der Waals surface area (Å²) >= 11 is 5.80. The van der Waals surface area contributed by atoms with Gasteiger partial charge in [-0.15, -0.1) is 5.10 Å². The van der Waals surface area contributed by atoms with Crippen molar-refractivity contribution in [1.29, 1.82) is 0 Å². The highest BCUT2D eigenvalue weighted by atomic mass is 35.5. The molecule has 2 aromatic rings. The fraction of sp³-hybridized carbons (Fsp3) is 0.154. The van der Waals surface area contributed by atoms with Crippen LogP contribution >= 0.6 is 11.6 Å². The molecule has 5 nitrogen and oxygen atoms in total. The molecular weight excluding hydrogens is 266 g/mol. The Hall–Kier alpha value is -2.14. The van der Waals surface area contributed by atoms with Gasteiger partial charge in [0.05, 0.1) is 5.69 Å².